The van der Waals surface area contributed by atoms with Gasteiger partial charge in [0, 0.05) is 0 Å². The Hall–Kier alpha value is -0.420. The van der Waals surface area contributed by atoms with Crippen molar-refractivity contribution in [1.82, 2.24) is 4.98 Å². The molecular formula is C8H4Cl3N. The Morgan fingerprint density at radius 2 is 2.08 bits per heavy atom. The van der Waals surface area contributed by atoms with Crippen LogP contribution in [0.3, 0.4) is 0 Å². The van der Waals surface area contributed by atoms with E-state index in [0.29, 0.717) is 15.9 Å². The van der Waals surface area contributed by atoms with Gasteiger partial charge in [-0.25, -0.2) is 4.98 Å². The third-order valence-corrected chi connectivity index (χ3v) is 1.74. The predicted molar refractivity (Wildman–Crippen MR) is 51.9 cm³/mol. The molecule has 0 radical (unpaired) electrons. The predicted octanol–water partition coefficient (Wildman–Crippen LogP) is 2.98. The van der Waals surface area contributed by atoms with Crippen LogP contribution in [0.15, 0.2) is 12.1 Å². The maximum Gasteiger partial charge on any atom is 0.146 e. The molecule has 0 saturated heterocycles. The highest BCUT2D eigenvalue weighted by atomic mass is 35.5. The number of rotatable bonds is 0. The molecule has 0 amide bonds. The van der Waals surface area contributed by atoms with E-state index < -0.39 is 0 Å². The zero-order valence-corrected chi connectivity index (χ0v) is 8.21. The molecule has 0 saturated carbocycles. The van der Waals surface area contributed by atoms with Crippen molar-refractivity contribution in [3.05, 3.63) is 28.0 Å². The fourth-order valence-electron chi connectivity index (χ4n) is 0.634. The molecule has 0 aliphatic heterocycles. The van der Waals surface area contributed by atoms with E-state index in [2.05, 4.69) is 16.8 Å². The molecule has 0 aliphatic carbocycles. The zero-order valence-electron chi connectivity index (χ0n) is 5.94. The Balaban J connectivity index is 3.01. The molecular weight excluding hydrogens is 216 g/mol. The molecule has 1 aromatic heterocycles. The first-order chi connectivity index (χ1) is 5.74. The minimum Gasteiger partial charge on any atom is -0.223 e. The first kappa shape index (κ1) is 9.67. The number of hydrogen-bond donors (Lipinski definition) is 0. The monoisotopic (exact) mass is 219 g/mol. The molecule has 0 spiro atoms. The van der Waals surface area contributed by atoms with Crippen LogP contribution in [0.1, 0.15) is 5.56 Å². The molecule has 1 heterocycles. The summed E-state index contributed by atoms with van der Waals surface area (Å²) in [5.74, 6) is 5.70. The lowest BCUT2D eigenvalue weighted by atomic mass is 10.3. The Kier molecular flexibility index (Phi) is 3.68. The normalized spacial score (nSPS) is 8.92. The Labute approximate surface area is 85.7 Å². The van der Waals surface area contributed by atoms with Crippen LogP contribution in [0.5, 0.6) is 0 Å². The van der Waals surface area contributed by atoms with Gasteiger partial charge in [0.25, 0.3) is 0 Å². The van der Waals surface area contributed by atoms with Crippen LogP contribution in [-0.4, -0.2) is 10.9 Å². The maximum atomic E-state index is 5.72. The second-order valence-corrected chi connectivity index (χ2v) is 2.92. The quantitative estimate of drug-likeness (QED) is 0.372. The largest absolute Gasteiger partial charge is 0.223 e. The molecule has 1 nitrogen and oxygen atoms in total. The standard InChI is InChI=1S/C8H4Cl3N/c9-5-1-2-6-3-4-7(10)12-8(6)11/h3-4H,5H2. The molecule has 0 aliphatic rings. The molecule has 0 N–H and O–H groups in total. The molecule has 0 bridgehead atoms. The lowest BCUT2D eigenvalue weighted by molar-refractivity contribution is 1.31. The topological polar surface area (TPSA) is 12.9 Å². The van der Waals surface area contributed by atoms with Gasteiger partial charge in [-0.2, -0.15) is 0 Å². The Morgan fingerprint density at radius 1 is 1.33 bits per heavy atom. The second-order valence-electron chi connectivity index (χ2n) is 1.91. The van der Waals surface area contributed by atoms with E-state index in [-0.39, 0.29) is 5.88 Å². The number of aromatic nitrogens is 1. The summed E-state index contributed by atoms with van der Waals surface area (Å²) < 4.78 is 0. The lowest BCUT2D eigenvalue weighted by Gasteiger charge is -1.93. The van der Waals surface area contributed by atoms with Crippen LogP contribution in [-0.2, 0) is 0 Å². The molecule has 0 unspecified atom stereocenters. The van der Waals surface area contributed by atoms with Crippen LogP contribution in [0.2, 0.25) is 10.3 Å². The van der Waals surface area contributed by atoms with E-state index in [4.69, 9.17) is 34.8 Å². The number of nitrogens with zero attached hydrogens (tertiary/aromatic N) is 1. The summed E-state index contributed by atoms with van der Waals surface area (Å²) in [6.45, 7) is 0. The number of halogens is 3. The first-order valence-electron chi connectivity index (χ1n) is 3.11. The van der Waals surface area contributed by atoms with Gasteiger partial charge in [0.1, 0.15) is 10.3 Å². The highest BCUT2D eigenvalue weighted by molar-refractivity contribution is 6.33. The van der Waals surface area contributed by atoms with Crippen molar-refractivity contribution in [2.24, 2.45) is 0 Å². The van der Waals surface area contributed by atoms with Crippen LogP contribution in [0, 0.1) is 11.8 Å². The Morgan fingerprint density at radius 3 is 2.67 bits per heavy atom. The van der Waals surface area contributed by atoms with Gasteiger partial charge in [-0.3, -0.25) is 0 Å². The molecule has 0 fully saturated rings. The van der Waals surface area contributed by atoms with Crippen molar-refractivity contribution >= 4 is 34.8 Å². The van der Waals surface area contributed by atoms with Crippen molar-refractivity contribution in [2.45, 2.75) is 0 Å². The van der Waals surface area contributed by atoms with Crippen molar-refractivity contribution in [3.63, 3.8) is 0 Å². The fraction of sp³-hybridized carbons (Fsp3) is 0.125. The van der Waals surface area contributed by atoms with Gasteiger partial charge in [0.15, 0.2) is 0 Å². The Bertz CT molecular complexity index is 338. The summed E-state index contributed by atoms with van der Waals surface area (Å²) in [6, 6.07) is 3.34. The van der Waals surface area contributed by atoms with Gasteiger partial charge in [-0.1, -0.05) is 35.0 Å². The van der Waals surface area contributed by atoms with E-state index >= 15 is 0 Å². The van der Waals surface area contributed by atoms with Gasteiger partial charge in [-0.15, -0.1) is 11.6 Å². The fourth-order valence-corrected chi connectivity index (χ4v) is 1.09. The van der Waals surface area contributed by atoms with Gasteiger partial charge < -0.3 is 0 Å². The van der Waals surface area contributed by atoms with E-state index in [1.807, 2.05) is 0 Å². The number of pyridine rings is 1. The SMILES string of the molecule is ClCC#Cc1ccc(Cl)nc1Cl. The van der Waals surface area contributed by atoms with E-state index in [9.17, 15) is 0 Å². The summed E-state index contributed by atoms with van der Waals surface area (Å²) in [5, 5.41) is 0.663. The third kappa shape index (κ3) is 2.57. The van der Waals surface area contributed by atoms with Crippen LogP contribution < -0.4 is 0 Å². The van der Waals surface area contributed by atoms with Crippen LogP contribution in [0.4, 0.5) is 0 Å². The van der Waals surface area contributed by atoms with Crippen molar-refractivity contribution in [1.29, 1.82) is 0 Å². The second kappa shape index (κ2) is 4.57. The van der Waals surface area contributed by atoms with Crippen LogP contribution in [0.25, 0.3) is 0 Å². The molecule has 1 rings (SSSR count). The number of alkyl halides is 1. The molecule has 0 atom stereocenters. The highest BCUT2D eigenvalue weighted by Crippen LogP contribution is 2.15. The smallest absolute Gasteiger partial charge is 0.146 e. The summed E-state index contributed by atoms with van der Waals surface area (Å²) in [5.41, 5.74) is 0.640. The minimum atomic E-state index is 0.277. The van der Waals surface area contributed by atoms with Crippen molar-refractivity contribution < 1.29 is 0 Å². The molecule has 0 aromatic carbocycles. The van der Waals surface area contributed by atoms with Gasteiger partial charge in [0.2, 0.25) is 0 Å². The van der Waals surface area contributed by atoms with Crippen molar-refractivity contribution in [3.8, 4) is 11.8 Å². The summed E-state index contributed by atoms with van der Waals surface area (Å²) in [7, 11) is 0. The summed E-state index contributed by atoms with van der Waals surface area (Å²) in [4.78, 5) is 3.81. The molecule has 1 aromatic rings. The van der Waals surface area contributed by atoms with E-state index in [0.717, 1.165) is 0 Å². The van der Waals surface area contributed by atoms with E-state index in [1.54, 1.807) is 12.1 Å². The number of hydrogen-bond acceptors (Lipinski definition) is 1. The van der Waals surface area contributed by atoms with Gasteiger partial charge >= 0.3 is 0 Å². The molecule has 12 heavy (non-hydrogen) atoms. The van der Waals surface area contributed by atoms with Crippen molar-refractivity contribution in [2.75, 3.05) is 5.88 Å². The van der Waals surface area contributed by atoms with Gasteiger partial charge in [0.05, 0.1) is 11.4 Å². The van der Waals surface area contributed by atoms with Crippen LogP contribution >= 0.6 is 34.8 Å². The summed E-state index contributed by atoms with van der Waals surface area (Å²) >= 11 is 16.7. The highest BCUT2D eigenvalue weighted by Gasteiger charge is 1.98. The first-order valence-corrected chi connectivity index (χ1v) is 4.40. The average Bonchev–Trinajstić information content (AvgIpc) is 2.03. The maximum absolute atomic E-state index is 5.72. The summed E-state index contributed by atoms with van der Waals surface area (Å²) in [6.07, 6.45) is 0. The van der Waals surface area contributed by atoms with Gasteiger partial charge in [-0.05, 0) is 12.1 Å². The minimum absolute atomic E-state index is 0.277. The lowest BCUT2D eigenvalue weighted by Crippen LogP contribution is -1.82. The molecule has 4 heteroatoms. The zero-order chi connectivity index (χ0) is 8.97. The average molecular weight is 220 g/mol. The molecule has 62 valence electrons. The van der Waals surface area contributed by atoms with E-state index in [1.165, 1.54) is 0 Å². The third-order valence-electron chi connectivity index (χ3n) is 1.10.